The second-order valence-electron chi connectivity index (χ2n) is 5.76. The summed E-state index contributed by atoms with van der Waals surface area (Å²) in [5.41, 5.74) is 2.16. The van der Waals surface area contributed by atoms with E-state index in [0.717, 1.165) is 25.2 Å². The average molecular weight is 299 g/mol. The summed E-state index contributed by atoms with van der Waals surface area (Å²) in [7, 11) is 1.99. The molecule has 0 radical (unpaired) electrons. The van der Waals surface area contributed by atoms with Crippen LogP contribution in [0.25, 0.3) is 5.69 Å². The minimum Gasteiger partial charge on any atom is -0.341 e. The maximum absolute atomic E-state index is 12.0. The number of aromatic nitrogens is 3. The van der Waals surface area contributed by atoms with E-state index in [2.05, 4.69) is 34.0 Å². The van der Waals surface area contributed by atoms with E-state index in [1.807, 2.05) is 24.1 Å². The van der Waals surface area contributed by atoms with Crippen molar-refractivity contribution >= 4 is 5.91 Å². The predicted molar refractivity (Wildman–Crippen MR) is 83.6 cm³/mol. The Morgan fingerprint density at radius 2 is 2.05 bits per heavy atom. The van der Waals surface area contributed by atoms with E-state index in [1.54, 1.807) is 11.0 Å². The summed E-state index contributed by atoms with van der Waals surface area (Å²) in [5, 5.41) is 4.12. The van der Waals surface area contributed by atoms with Gasteiger partial charge in [-0.3, -0.25) is 9.69 Å². The van der Waals surface area contributed by atoms with Gasteiger partial charge in [-0.1, -0.05) is 12.1 Å². The fourth-order valence-corrected chi connectivity index (χ4v) is 2.52. The molecule has 1 aliphatic heterocycles. The van der Waals surface area contributed by atoms with Gasteiger partial charge in [-0.05, 0) is 38.1 Å². The number of likely N-dealkylation sites (tertiary alicyclic amines) is 1. The number of likely N-dealkylation sites (N-methyl/N-ethyl adjacent to an activating group) is 1. The lowest BCUT2D eigenvalue weighted by Crippen LogP contribution is -2.46. The average Bonchev–Trinajstić information content (AvgIpc) is 2.99. The molecule has 1 saturated heterocycles. The lowest BCUT2D eigenvalue weighted by Gasteiger charge is -2.34. The summed E-state index contributed by atoms with van der Waals surface area (Å²) in [6.07, 6.45) is 4.33. The van der Waals surface area contributed by atoms with Crippen molar-refractivity contribution < 1.29 is 4.79 Å². The standard InChI is InChI=1S/C16H21N5O/c1-13(19(2)10-16(22)20-8-3-9-20)14-4-6-15(7-5-14)21-12-17-11-18-21/h4-7,11-13H,3,8-10H2,1-2H3/t13-/m0/s1. The topological polar surface area (TPSA) is 54.3 Å². The van der Waals surface area contributed by atoms with Crippen molar-refractivity contribution in [1.29, 1.82) is 0 Å². The molecular weight excluding hydrogens is 278 g/mol. The van der Waals surface area contributed by atoms with Gasteiger partial charge < -0.3 is 4.90 Å². The molecule has 0 unspecified atom stereocenters. The summed E-state index contributed by atoms with van der Waals surface area (Å²) in [4.78, 5) is 20.0. The smallest absolute Gasteiger partial charge is 0.236 e. The molecule has 116 valence electrons. The largest absolute Gasteiger partial charge is 0.341 e. The first-order chi connectivity index (χ1) is 10.6. The second kappa shape index (κ2) is 6.27. The van der Waals surface area contributed by atoms with Crippen molar-refractivity contribution in [1.82, 2.24) is 24.6 Å². The first kappa shape index (κ1) is 14.7. The van der Waals surface area contributed by atoms with Crippen molar-refractivity contribution in [2.45, 2.75) is 19.4 Å². The number of hydrogen-bond acceptors (Lipinski definition) is 4. The Morgan fingerprint density at radius 1 is 1.32 bits per heavy atom. The molecule has 1 aromatic heterocycles. The van der Waals surface area contributed by atoms with Gasteiger partial charge in [0.1, 0.15) is 12.7 Å². The highest BCUT2D eigenvalue weighted by molar-refractivity contribution is 5.78. The molecule has 3 rings (SSSR count). The first-order valence-corrected chi connectivity index (χ1v) is 7.58. The second-order valence-corrected chi connectivity index (χ2v) is 5.76. The zero-order valence-electron chi connectivity index (χ0n) is 13.0. The van der Waals surface area contributed by atoms with Gasteiger partial charge in [-0.2, -0.15) is 5.10 Å². The number of rotatable bonds is 5. The van der Waals surface area contributed by atoms with E-state index in [1.165, 1.54) is 11.9 Å². The lowest BCUT2D eigenvalue weighted by molar-refractivity contribution is -0.136. The molecule has 0 spiro atoms. The summed E-state index contributed by atoms with van der Waals surface area (Å²) in [6, 6.07) is 8.38. The zero-order valence-corrected chi connectivity index (χ0v) is 13.0. The fraction of sp³-hybridized carbons (Fsp3) is 0.438. The lowest BCUT2D eigenvalue weighted by atomic mass is 10.1. The molecular formula is C16H21N5O. The number of carbonyl (C=O) groups excluding carboxylic acids is 1. The highest BCUT2D eigenvalue weighted by atomic mass is 16.2. The van der Waals surface area contributed by atoms with Crippen molar-refractivity contribution in [3.63, 3.8) is 0 Å². The van der Waals surface area contributed by atoms with E-state index in [9.17, 15) is 4.79 Å². The Kier molecular flexibility index (Phi) is 4.20. The number of hydrogen-bond donors (Lipinski definition) is 0. The number of carbonyl (C=O) groups is 1. The third-order valence-corrected chi connectivity index (χ3v) is 4.31. The van der Waals surface area contributed by atoms with Crippen LogP contribution in [0.5, 0.6) is 0 Å². The van der Waals surface area contributed by atoms with Crippen LogP contribution in [0.4, 0.5) is 0 Å². The zero-order chi connectivity index (χ0) is 15.5. The van der Waals surface area contributed by atoms with E-state index >= 15 is 0 Å². The Labute approximate surface area is 130 Å². The summed E-state index contributed by atoms with van der Waals surface area (Å²) in [5.74, 6) is 0.222. The van der Waals surface area contributed by atoms with Gasteiger partial charge in [0.15, 0.2) is 0 Å². The molecule has 0 aliphatic carbocycles. The number of nitrogens with zero attached hydrogens (tertiary/aromatic N) is 5. The molecule has 0 saturated carbocycles. The molecule has 6 nitrogen and oxygen atoms in total. The molecule has 6 heteroatoms. The molecule has 0 N–H and O–H groups in total. The van der Waals surface area contributed by atoms with Gasteiger partial charge in [-0.25, -0.2) is 9.67 Å². The minimum absolute atomic E-state index is 0.190. The van der Waals surface area contributed by atoms with Gasteiger partial charge in [0.25, 0.3) is 0 Å². The Balaban J connectivity index is 1.63. The van der Waals surface area contributed by atoms with Gasteiger partial charge in [0.2, 0.25) is 5.91 Å². The predicted octanol–water partition coefficient (Wildman–Crippen LogP) is 1.49. The van der Waals surface area contributed by atoms with E-state index in [4.69, 9.17) is 0 Å². The maximum Gasteiger partial charge on any atom is 0.236 e. The third-order valence-electron chi connectivity index (χ3n) is 4.31. The minimum atomic E-state index is 0.190. The van der Waals surface area contributed by atoms with Crippen LogP contribution in [-0.2, 0) is 4.79 Å². The SMILES string of the molecule is C[C@@H](c1ccc(-n2cncn2)cc1)N(C)CC(=O)N1CCC1. The van der Waals surface area contributed by atoms with Crippen LogP contribution >= 0.6 is 0 Å². The molecule has 1 atom stereocenters. The molecule has 1 aromatic carbocycles. The van der Waals surface area contributed by atoms with Crippen LogP contribution in [0.3, 0.4) is 0 Å². The molecule has 2 aromatic rings. The normalized spacial score (nSPS) is 15.7. The Hall–Kier alpha value is -2.21. The summed E-state index contributed by atoms with van der Waals surface area (Å²) >= 11 is 0. The Bertz CT molecular complexity index is 618. The van der Waals surface area contributed by atoms with Crippen LogP contribution < -0.4 is 0 Å². The summed E-state index contributed by atoms with van der Waals surface area (Å²) in [6.45, 7) is 4.40. The van der Waals surface area contributed by atoms with E-state index in [0.29, 0.717) is 6.54 Å². The number of amides is 1. The van der Waals surface area contributed by atoms with Crippen molar-refractivity contribution in [3.8, 4) is 5.69 Å². The molecule has 2 heterocycles. The van der Waals surface area contributed by atoms with Crippen LogP contribution in [0.1, 0.15) is 24.9 Å². The van der Waals surface area contributed by atoms with E-state index in [-0.39, 0.29) is 11.9 Å². The van der Waals surface area contributed by atoms with E-state index < -0.39 is 0 Å². The van der Waals surface area contributed by atoms with Crippen LogP contribution in [0.2, 0.25) is 0 Å². The summed E-state index contributed by atoms with van der Waals surface area (Å²) < 4.78 is 1.73. The molecule has 22 heavy (non-hydrogen) atoms. The van der Waals surface area contributed by atoms with Crippen LogP contribution in [0, 0.1) is 0 Å². The van der Waals surface area contributed by atoms with Crippen molar-refractivity contribution in [2.24, 2.45) is 0 Å². The van der Waals surface area contributed by atoms with Gasteiger partial charge >= 0.3 is 0 Å². The molecule has 1 aliphatic rings. The van der Waals surface area contributed by atoms with Gasteiger partial charge in [0.05, 0.1) is 12.2 Å². The monoisotopic (exact) mass is 299 g/mol. The van der Waals surface area contributed by atoms with Gasteiger partial charge in [0, 0.05) is 19.1 Å². The fourth-order valence-electron chi connectivity index (χ4n) is 2.52. The number of benzene rings is 1. The quantitative estimate of drug-likeness (QED) is 0.839. The van der Waals surface area contributed by atoms with Crippen LogP contribution in [0.15, 0.2) is 36.9 Å². The van der Waals surface area contributed by atoms with Crippen molar-refractivity contribution in [2.75, 3.05) is 26.7 Å². The highest BCUT2D eigenvalue weighted by Crippen LogP contribution is 2.20. The molecule has 1 amide bonds. The highest BCUT2D eigenvalue weighted by Gasteiger charge is 2.23. The van der Waals surface area contributed by atoms with Crippen LogP contribution in [-0.4, -0.2) is 57.2 Å². The Morgan fingerprint density at radius 3 is 2.59 bits per heavy atom. The maximum atomic E-state index is 12.0. The molecule has 0 bridgehead atoms. The van der Waals surface area contributed by atoms with Crippen molar-refractivity contribution in [3.05, 3.63) is 42.5 Å². The first-order valence-electron chi connectivity index (χ1n) is 7.58. The third kappa shape index (κ3) is 3.01. The molecule has 1 fully saturated rings. The van der Waals surface area contributed by atoms with Gasteiger partial charge in [-0.15, -0.1) is 0 Å².